The molecule has 0 spiro atoms. The molecule has 2 heterocycles. The van der Waals surface area contributed by atoms with Crippen LogP contribution >= 0.6 is 0 Å². The number of aryl methyl sites for hydroxylation is 2. The Kier molecular flexibility index (Phi) is 4.47. The zero-order valence-electron chi connectivity index (χ0n) is 13.3. The topological polar surface area (TPSA) is 79.5 Å². The highest BCUT2D eigenvalue weighted by molar-refractivity contribution is 7.89. The van der Waals surface area contributed by atoms with Gasteiger partial charge in [0.15, 0.2) is 5.82 Å². The number of hydrogen-bond acceptors (Lipinski definition) is 6. The third-order valence-electron chi connectivity index (χ3n) is 3.92. The van der Waals surface area contributed by atoms with Gasteiger partial charge in [-0.2, -0.15) is 9.29 Å². The number of piperazine rings is 1. The molecule has 0 N–H and O–H groups in total. The van der Waals surface area contributed by atoms with E-state index < -0.39 is 10.0 Å². The third kappa shape index (κ3) is 3.60. The minimum atomic E-state index is -3.41. The molecule has 0 amide bonds. The summed E-state index contributed by atoms with van der Waals surface area (Å²) in [4.78, 5) is 6.66. The summed E-state index contributed by atoms with van der Waals surface area (Å²) in [5.74, 6) is 1.18. The molecule has 2 aromatic rings. The number of aromatic nitrogens is 2. The Morgan fingerprint density at radius 1 is 1.09 bits per heavy atom. The van der Waals surface area contributed by atoms with E-state index in [0.29, 0.717) is 49.3 Å². The lowest BCUT2D eigenvalue weighted by Crippen LogP contribution is -2.48. The van der Waals surface area contributed by atoms with Gasteiger partial charge in [0.2, 0.25) is 15.9 Å². The van der Waals surface area contributed by atoms with E-state index in [-0.39, 0.29) is 0 Å². The van der Waals surface area contributed by atoms with Gasteiger partial charge in [-0.15, -0.1) is 0 Å². The molecular formula is C15H20N4O3S. The van der Waals surface area contributed by atoms with E-state index in [4.69, 9.17) is 4.52 Å². The zero-order chi connectivity index (χ0) is 16.4. The fourth-order valence-corrected chi connectivity index (χ4v) is 4.02. The first kappa shape index (κ1) is 16.1. The number of hydrogen-bond donors (Lipinski definition) is 0. The van der Waals surface area contributed by atoms with Crippen LogP contribution in [0, 0.1) is 13.8 Å². The van der Waals surface area contributed by atoms with Crippen molar-refractivity contribution in [2.24, 2.45) is 0 Å². The van der Waals surface area contributed by atoms with Gasteiger partial charge in [0.25, 0.3) is 0 Å². The van der Waals surface area contributed by atoms with Gasteiger partial charge < -0.3 is 4.52 Å². The summed E-state index contributed by atoms with van der Waals surface area (Å²) in [5.41, 5.74) is 1.05. The van der Waals surface area contributed by atoms with Crippen molar-refractivity contribution >= 4 is 10.0 Å². The summed E-state index contributed by atoms with van der Waals surface area (Å²) < 4.78 is 31.8. The smallest absolute Gasteiger partial charge is 0.243 e. The van der Waals surface area contributed by atoms with Crippen LogP contribution in [0.5, 0.6) is 0 Å². The van der Waals surface area contributed by atoms with Crippen molar-refractivity contribution in [3.8, 4) is 0 Å². The van der Waals surface area contributed by atoms with Crippen molar-refractivity contribution in [2.45, 2.75) is 25.3 Å². The highest BCUT2D eigenvalue weighted by Gasteiger charge is 2.28. The second-order valence-electron chi connectivity index (χ2n) is 5.72. The van der Waals surface area contributed by atoms with E-state index in [0.717, 1.165) is 5.56 Å². The quantitative estimate of drug-likeness (QED) is 0.834. The maximum atomic E-state index is 12.6. The lowest BCUT2D eigenvalue weighted by Gasteiger charge is -2.33. The van der Waals surface area contributed by atoms with Crippen LogP contribution in [0.4, 0.5) is 0 Å². The average molecular weight is 336 g/mol. The van der Waals surface area contributed by atoms with Gasteiger partial charge in [0, 0.05) is 33.1 Å². The molecule has 1 fully saturated rings. The Bertz CT molecular complexity index is 762. The predicted octanol–water partition coefficient (Wildman–Crippen LogP) is 1.19. The van der Waals surface area contributed by atoms with Gasteiger partial charge in [-0.1, -0.05) is 22.9 Å². The monoisotopic (exact) mass is 336 g/mol. The zero-order valence-corrected chi connectivity index (χ0v) is 14.1. The van der Waals surface area contributed by atoms with Crippen molar-refractivity contribution < 1.29 is 12.9 Å². The molecule has 1 aromatic heterocycles. The van der Waals surface area contributed by atoms with E-state index >= 15 is 0 Å². The largest absolute Gasteiger partial charge is 0.340 e. The van der Waals surface area contributed by atoms with Crippen LogP contribution in [0.1, 0.15) is 17.3 Å². The van der Waals surface area contributed by atoms with Gasteiger partial charge in [-0.3, -0.25) is 4.90 Å². The second-order valence-corrected chi connectivity index (χ2v) is 7.66. The standard InChI is InChI=1S/C15H20N4O3S/c1-12-3-5-14(6-4-12)23(20,21)19-9-7-18(8-10-19)11-15-16-13(2)22-17-15/h3-6H,7-11H2,1-2H3. The van der Waals surface area contributed by atoms with E-state index in [1.54, 1.807) is 19.1 Å². The van der Waals surface area contributed by atoms with Crippen molar-refractivity contribution in [2.75, 3.05) is 26.2 Å². The molecule has 0 atom stereocenters. The highest BCUT2D eigenvalue weighted by atomic mass is 32.2. The summed E-state index contributed by atoms with van der Waals surface area (Å²) in [6.45, 7) is 6.50. The summed E-state index contributed by atoms with van der Waals surface area (Å²) in [6, 6.07) is 6.97. The number of sulfonamides is 1. The minimum Gasteiger partial charge on any atom is -0.340 e. The first-order valence-corrected chi connectivity index (χ1v) is 8.97. The molecule has 0 saturated carbocycles. The molecule has 3 rings (SSSR count). The molecule has 1 aliphatic rings. The Balaban J connectivity index is 1.62. The van der Waals surface area contributed by atoms with Gasteiger partial charge >= 0.3 is 0 Å². The third-order valence-corrected chi connectivity index (χ3v) is 5.84. The lowest BCUT2D eigenvalue weighted by atomic mass is 10.2. The van der Waals surface area contributed by atoms with Gasteiger partial charge in [-0.05, 0) is 19.1 Å². The van der Waals surface area contributed by atoms with Crippen LogP contribution in [-0.4, -0.2) is 53.9 Å². The number of rotatable bonds is 4. The average Bonchev–Trinajstić information content (AvgIpc) is 2.93. The lowest BCUT2D eigenvalue weighted by molar-refractivity contribution is 0.176. The molecule has 1 saturated heterocycles. The Labute approximate surface area is 136 Å². The van der Waals surface area contributed by atoms with Gasteiger partial charge in [0.05, 0.1) is 11.4 Å². The van der Waals surface area contributed by atoms with Crippen molar-refractivity contribution in [3.05, 3.63) is 41.5 Å². The van der Waals surface area contributed by atoms with E-state index in [1.807, 2.05) is 19.1 Å². The first-order valence-electron chi connectivity index (χ1n) is 7.53. The molecule has 23 heavy (non-hydrogen) atoms. The Hall–Kier alpha value is -1.77. The normalized spacial score (nSPS) is 17.5. The fraction of sp³-hybridized carbons (Fsp3) is 0.467. The molecule has 1 aliphatic heterocycles. The summed E-state index contributed by atoms with van der Waals surface area (Å²) >= 11 is 0. The van der Waals surface area contributed by atoms with Crippen molar-refractivity contribution in [1.29, 1.82) is 0 Å². The molecule has 0 bridgehead atoms. The summed E-state index contributed by atoms with van der Waals surface area (Å²) in [6.07, 6.45) is 0. The maximum Gasteiger partial charge on any atom is 0.243 e. The summed E-state index contributed by atoms with van der Waals surface area (Å²) in [5, 5.41) is 3.87. The van der Waals surface area contributed by atoms with Crippen molar-refractivity contribution in [3.63, 3.8) is 0 Å². The molecule has 0 radical (unpaired) electrons. The van der Waals surface area contributed by atoms with E-state index in [2.05, 4.69) is 15.0 Å². The molecule has 7 nitrogen and oxygen atoms in total. The number of benzene rings is 1. The molecule has 8 heteroatoms. The number of nitrogens with zero attached hydrogens (tertiary/aromatic N) is 4. The van der Waals surface area contributed by atoms with Crippen LogP contribution in [0.3, 0.4) is 0 Å². The SMILES string of the molecule is Cc1ccc(S(=O)(=O)N2CCN(Cc3noc(C)n3)CC2)cc1. The molecular weight excluding hydrogens is 316 g/mol. The van der Waals surface area contributed by atoms with Crippen LogP contribution in [0.15, 0.2) is 33.7 Å². The predicted molar refractivity (Wildman–Crippen MR) is 84.2 cm³/mol. The van der Waals surface area contributed by atoms with E-state index in [1.165, 1.54) is 4.31 Å². The van der Waals surface area contributed by atoms with E-state index in [9.17, 15) is 8.42 Å². The van der Waals surface area contributed by atoms with Crippen LogP contribution < -0.4 is 0 Å². The Morgan fingerprint density at radius 2 is 1.74 bits per heavy atom. The van der Waals surface area contributed by atoms with Crippen LogP contribution in [-0.2, 0) is 16.6 Å². The summed E-state index contributed by atoms with van der Waals surface area (Å²) in [7, 11) is -3.41. The highest BCUT2D eigenvalue weighted by Crippen LogP contribution is 2.18. The van der Waals surface area contributed by atoms with Crippen LogP contribution in [0.2, 0.25) is 0 Å². The molecule has 0 unspecified atom stereocenters. The molecule has 0 aliphatic carbocycles. The minimum absolute atomic E-state index is 0.352. The second kappa shape index (κ2) is 6.38. The molecule has 1 aromatic carbocycles. The fourth-order valence-electron chi connectivity index (χ4n) is 2.59. The van der Waals surface area contributed by atoms with Crippen LogP contribution in [0.25, 0.3) is 0 Å². The maximum absolute atomic E-state index is 12.6. The first-order chi connectivity index (χ1) is 10.9. The molecule has 124 valence electrons. The van der Waals surface area contributed by atoms with Gasteiger partial charge in [0.1, 0.15) is 0 Å². The Morgan fingerprint density at radius 3 is 2.30 bits per heavy atom. The van der Waals surface area contributed by atoms with Gasteiger partial charge in [-0.25, -0.2) is 8.42 Å². The van der Waals surface area contributed by atoms with Crippen molar-refractivity contribution in [1.82, 2.24) is 19.3 Å².